The van der Waals surface area contributed by atoms with Crippen LogP contribution in [0.3, 0.4) is 0 Å². The zero-order valence-corrected chi connectivity index (χ0v) is 13.6. The maximum absolute atomic E-state index is 12.9. The van der Waals surface area contributed by atoms with E-state index in [0.717, 1.165) is 5.56 Å². The maximum atomic E-state index is 12.9. The third-order valence-corrected chi connectivity index (χ3v) is 4.46. The molecule has 0 spiro atoms. The number of hydrogen-bond donors (Lipinski definition) is 1. The molecule has 0 saturated carbocycles. The van der Waals surface area contributed by atoms with Gasteiger partial charge in [-0.05, 0) is 44.4 Å². The van der Waals surface area contributed by atoms with Gasteiger partial charge in [0.1, 0.15) is 11.6 Å². The monoisotopic (exact) mass is 308 g/mol. The van der Waals surface area contributed by atoms with Gasteiger partial charge >= 0.3 is 0 Å². The molecule has 1 aliphatic rings. The van der Waals surface area contributed by atoms with Crippen LogP contribution in [0.4, 0.5) is 5.69 Å². The molecule has 0 bridgehead atoms. The van der Waals surface area contributed by atoms with E-state index in [-0.39, 0.29) is 11.8 Å². The van der Waals surface area contributed by atoms with Crippen molar-refractivity contribution in [2.75, 3.05) is 4.90 Å². The highest BCUT2D eigenvalue weighted by Gasteiger charge is 2.47. The molecule has 5 heteroatoms. The second-order valence-electron chi connectivity index (χ2n) is 5.70. The van der Waals surface area contributed by atoms with Crippen molar-refractivity contribution in [1.82, 2.24) is 5.32 Å². The fourth-order valence-electron chi connectivity index (χ4n) is 2.66. The standard InChI is InChI=1S/C16H21ClN2O2/c1-5-12-14(20)18-16(4,6-2)15(21)19(12)13-9-11(17)8-7-10(13)3/h7-9,12H,5-6H2,1-4H3,(H,18,20). The second kappa shape index (κ2) is 5.68. The molecule has 1 heterocycles. The van der Waals surface area contributed by atoms with Gasteiger partial charge in [0, 0.05) is 10.7 Å². The minimum Gasteiger partial charge on any atom is -0.340 e. The van der Waals surface area contributed by atoms with Crippen molar-refractivity contribution in [2.24, 2.45) is 0 Å². The van der Waals surface area contributed by atoms with Crippen molar-refractivity contribution in [2.45, 2.75) is 52.1 Å². The number of carbonyl (C=O) groups is 2. The summed E-state index contributed by atoms with van der Waals surface area (Å²) in [4.78, 5) is 26.9. The Morgan fingerprint density at radius 3 is 2.57 bits per heavy atom. The average Bonchev–Trinajstić information content (AvgIpc) is 2.45. The normalized spacial score (nSPS) is 26.0. The predicted octanol–water partition coefficient (Wildman–Crippen LogP) is 3.06. The zero-order valence-electron chi connectivity index (χ0n) is 12.9. The summed E-state index contributed by atoms with van der Waals surface area (Å²) in [6, 6.07) is 4.92. The number of benzene rings is 1. The van der Waals surface area contributed by atoms with Crippen LogP contribution in [0.1, 0.15) is 39.2 Å². The number of aryl methyl sites for hydroxylation is 1. The van der Waals surface area contributed by atoms with Gasteiger partial charge in [-0.2, -0.15) is 0 Å². The van der Waals surface area contributed by atoms with E-state index in [1.807, 2.05) is 26.8 Å². The van der Waals surface area contributed by atoms with Gasteiger partial charge in [0.2, 0.25) is 5.91 Å². The molecule has 1 N–H and O–H groups in total. The molecular formula is C16H21ClN2O2. The lowest BCUT2D eigenvalue weighted by Gasteiger charge is -2.44. The smallest absolute Gasteiger partial charge is 0.253 e. The second-order valence-corrected chi connectivity index (χ2v) is 6.14. The highest BCUT2D eigenvalue weighted by atomic mass is 35.5. The van der Waals surface area contributed by atoms with Crippen molar-refractivity contribution in [3.63, 3.8) is 0 Å². The zero-order chi connectivity index (χ0) is 15.8. The molecule has 1 aromatic carbocycles. The number of rotatable bonds is 3. The van der Waals surface area contributed by atoms with E-state index >= 15 is 0 Å². The first-order valence-electron chi connectivity index (χ1n) is 7.26. The van der Waals surface area contributed by atoms with Gasteiger partial charge in [0.05, 0.1) is 0 Å². The minimum atomic E-state index is -0.864. The molecule has 2 atom stereocenters. The van der Waals surface area contributed by atoms with Crippen LogP contribution in [-0.2, 0) is 9.59 Å². The molecule has 4 nitrogen and oxygen atoms in total. The van der Waals surface area contributed by atoms with Crippen LogP contribution >= 0.6 is 11.6 Å². The molecule has 2 unspecified atom stereocenters. The van der Waals surface area contributed by atoms with Crippen LogP contribution in [0.5, 0.6) is 0 Å². The number of carbonyl (C=O) groups excluding carboxylic acids is 2. The van der Waals surface area contributed by atoms with Crippen molar-refractivity contribution in [3.05, 3.63) is 28.8 Å². The summed E-state index contributed by atoms with van der Waals surface area (Å²) in [5, 5.41) is 3.42. The quantitative estimate of drug-likeness (QED) is 0.933. The van der Waals surface area contributed by atoms with Crippen LogP contribution in [0.15, 0.2) is 18.2 Å². The molecule has 21 heavy (non-hydrogen) atoms. The Morgan fingerprint density at radius 1 is 1.33 bits per heavy atom. The van der Waals surface area contributed by atoms with Crippen LogP contribution in [0.25, 0.3) is 0 Å². The maximum Gasteiger partial charge on any atom is 0.253 e. The summed E-state index contributed by atoms with van der Waals surface area (Å²) in [5.74, 6) is -0.192. The van der Waals surface area contributed by atoms with Crippen molar-refractivity contribution >= 4 is 29.1 Å². The molecule has 2 amide bonds. The van der Waals surface area contributed by atoms with Crippen molar-refractivity contribution in [1.29, 1.82) is 0 Å². The molecular weight excluding hydrogens is 288 g/mol. The highest BCUT2D eigenvalue weighted by molar-refractivity contribution is 6.31. The third-order valence-electron chi connectivity index (χ3n) is 4.23. The Kier molecular flexibility index (Phi) is 4.28. The van der Waals surface area contributed by atoms with Crippen molar-refractivity contribution < 1.29 is 9.59 Å². The molecule has 0 aromatic heterocycles. The Bertz CT molecular complexity index is 588. The van der Waals surface area contributed by atoms with Gasteiger partial charge in [-0.25, -0.2) is 0 Å². The molecule has 2 rings (SSSR count). The summed E-state index contributed by atoms with van der Waals surface area (Å²) < 4.78 is 0. The lowest BCUT2D eigenvalue weighted by molar-refractivity contribution is -0.138. The van der Waals surface area contributed by atoms with E-state index in [1.165, 1.54) is 0 Å². The number of hydrogen-bond acceptors (Lipinski definition) is 2. The Labute approximate surface area is 130 Å². The molecule has 1 aliphatic heterocycles. The number of nitrogens with zero attached hydrogens (tertiary/aromatic N) is 1. The average molecular weight is 309 g/mol. The Balaban J connectivity index is 2.57. The number of halogens is 1. The summed E-state index contributed by atoms with van der Waals surface area (Å²) in [5.41, 5.74) is 0.783. The largest absolute Gasteiger partial charge is 0.340 e. The number of piperazine rings is 1. The van der Waals surface area contributed by atoms with E-state index in [2.05, 4.69) is 5.32 Å². The number of amides is 2. The lowest BCUT2D eigenvalue weighted by atomic mass is 9.90. The molecule has 114 valence electrons. The molecule has 0 radical (unpaired) electrons. The number of nitrogens with one attached hydrogen (secondary N) is 1. The molecule has 0 aliphatic carbocycles. The van der Waals surface area contributed by atoms with E-state index in [4.69, 9.17) is 11.6 Å². The predicted molar refractivity (Wildman–Crippen MR) is 84.6 cm³/mol. The van der Waals surface area contributed by atoms with Crippen LogP contribution in [0.2, 0.25) is 5.02 Å². The molecule has 1 fully saturated rings. The topological polar surface area (TPSA) is 49.4 Å². The van der Waals surface area contributed by atoms with E-state index in [0.29, 0.717) is 23.6 Å². The first kappa shape index (κ1) is 15.8. The van der Waals surface area contributed by atoms with Gasteiger partial charge in [0.15, 0.2) is 0 Å². The Hall–Kier alpha value is -1.55. The SMILES string of the molecule is CCC1C(=O)NC(C)(CC)C(=O)N1c1cc(Cl)ccc1C. The van der Waals surface area contributed by atoms with Crippen molar-refractivity contribution in [3.8, 4) is 0 Å². The summed E-state index contributed by atoms with van der Waals surface area (Å²) in [7, 11) is 0. The van der Waals surface area contributed by atoms with Gasteiger partial charge in [-0.1, -0.05) is 31.5 Å². The van der Waals surface area contributed by atoms with Gasteiger partial charge in [-0.3, -0.25) is 14.5 Å². The summed E-state index contributed by atoms with van der Waals surface area (Å²) in [6.07, 6.45) is 1.10. The van der Waals surface area contributed by atoms with E-state index in [9.17, 15) is 9.59 Å². The lowest BCUT2D eigenvalue weighted by Crippen LogP contribution is -2.69. The van der Waals surface area contributed by atoms with Crippen LogP contribution in [-0.4, -0.2) is 23.4 Å². The summed E-state index contributed by atoms with van der Waals surface area (Å²) >= 11 is 6.08. The minimum absolute atomic E-state index is 0.0817. The number of anilines is 1. The van der Waals surface area contributed by atoms with Gasteiger partial charge in [0.25, 0.3) is 5.91 Å². The van der Waals surface area contributed by atoms with E-state index < -0.39 is 11.6 Å². The first-order chi connectivity index (χ1) is 9.84. The van der Waals surface area contributed by atoms with E-state index in [1.54, 1.807) is 24.0 Å². The third kappa shape index (κ3) is 2.64. The molecule has 1 saturated heterocycles. The van der Waals surface area contributed by atoms with Gasteiger partial charge < -0.3 is 5.32 Å². The van der Waals surface area contributed by atoms with Crippen LogP contribution < -0.4 is 10.2 Å². The van der Waals surface area contributed by atoms with Gasteiger partial charge in [-0.15, -0.1) is 0 Å². The highest BCUT2D eigenvalue weighted by Crippen LogP contribution is 2.32. The summed E-state index contributed by atoms with van der Waals surface area (Å²) in [6.45, 7) is 7.49. The molecule has 1 aromatic rings. The van der Waals surface area contributed by atoms with Crippen LogP contribution in [0, 0.1) is 6.92 Å². The first-order valence-corrected chi connectivity index (χ1v) is 7.63. The fraction of sp³-hybridized carbons (Fsp3) is 0.500. The Morgan fingerprint density at radius 2 is 2.00 bits per heavy atom. The fourth-order valence-corrected chi connectivity index (χ4v) is 2.83.